The lowest BCUT2D eigenvalue weighted by molar-refractivity contribution is 0.0929. The van der Waals surface area contributed by atoms with E-state index in [0.29, 0.717) is 5.92 Å². The molecular weight excluding hydrogens is 250 g/mol. The average Bonchev–Trinajstić information content (AvgIpc) is 3.01. The van der Waals surface area contributed by atoms with Crippen molar-refractivity contribution in [2.75, 3.05) is 13.2 Å². The SMILES string of the molecule is CCNC(c1cc2cc(C)ccc2o1)C1CCOC1C. The quantitative estimate of drug-likeness (QED) is 0.919. The van der Waals surface area contributed by atoms with Crippen LogP contribution in [-0.2, 0) is 4.74 Å². The summed E-state index contributed by atoms with van der Waals surface area (Å²) in [4.78, 5) is 0. The van der Waals surface area contributed by atoms with Crippen molar-refractivity contribution in [3.8, 4) is 0 Å². The summed E-state index contributed by atoms with van der Waals surface area (Å²) < 4.78 is 11.8. The Hall–Kier alpha value is -1.32. The van der Waals surface area contributed by atoms with Gasteiger partial charge in [0, 0.05) is 17.9 Å². The van der Waals surface area contributed by atoms with E-state index < -0.39 is 0 Å². The Morgan fingerprint density at radius 1 is 1.35 bits per heavy atom. The highest BCUT2D eigenvalue weighted by Crippen LogP contribution is 2.35. The fourth-order valence-electron chi connectivity index (χ4n) is 3.21. The first kappa shape index (κ1) is 13.7. The lowest BCUT2D eigenvalue weighted by atomic mass is 9.91. The smallest absolute Gasteiger partial charge is 0.134 e. The van der Waals surface area contributed by atoms with E-state index in [-0.39, 0.29) is 12.1 Å². The van der Waals surface area contributed by atoms with E-state index in [0.717, 1.165) is 30.9 Å². The zero-order valence-corrected chi connectivity index (χ0v) is 12.5. The van der Waals surface area contributed by atoms with E-state index in [1.807, 2.05) is 0 Å². The third-order valence-corrected chi connectivity index (χ3v) is 4.28. The fraction of sp³-hybridized carbons (Fsp3) is 0.529. The molecule has 108 valence electrons. The van der Waals surface area contributed by atoms with E-state index in [4.69, 9.17) is 9.15 Å². The van der Waals surface area contributed by atoms with Crippen molar-refractivity contribution in [2.45, 2.75) is 39.3 Å². The molecule has 3 nitrogen and oxygen atoms in total. The van der Waals surface area contributed by atoms with E-state index >= 15 is 0 Å². The number of hydrogen-bond acceptors (Lipinski definition) is 3. The minimum absolute atomic E-state index is 0.241. The Bertz CT molecular complexity index is 590. The van der Waals surface area contributed by atoms with Crippen molar-refractivity contribution >= 4 is 11.0 Å². The molecule has 2 heterocycles. The summed E-state index contributed by atoms with van der Waals surface area (Å²) in [5.41, 5.74) is 2.24. The Labute approximate surface area is 120 Å². The van der Waals surface area contributed by atoms with Crippen LogP contribution in [-0.4, -0.2) is 19.3 Å². The van der Waals surface area contributed by atoms with Gasteiger partial charge in [0.15, 0.2) is 0 Å². The fourth-order valence-corrected chi connectivity index (χ4v) is 3.21. The highest BCUT2D eigenvalue weighted by atomic mass is 16.5. The van der Waals surface area contributed by atoms with Crippen molar-refractivity contribution in [2.24, 2.45) is 5.92 Å². The van der Waals surface area contributed by atoms with Gasteiger partial charge in [-0.15, -0.1) is 0 Å². The van der Waals surface area contributed by atoms with E-state index in [2.05, 4.69) is 50.4 Å². The van der Waals surface area contributed by atoms with Crippen LogP contribution in [0.3, 0.4) is 0 Å². The van der Waals surface area contributed by atoms with E-state index in [1.165, 1.54) is 10.9 Å². The highest BCUT2D eigenvalue weighted by Gasteiger charge is 2.34. The molecule has 1 saturated heterocycles. The van der Waals surface area contributed by atoms with Gasteiger partial charge in [-0.05, 0) is 45.0 Å². The molecule has 0 amide bonds. The number of furan rings is 1. The summed E-state index contributed by atoms with van der Waals surface area (Å²) in [6.45, 7) is 8.20. The monoisotopic (exact) mass is 273 g/mol. The number of aryl methyl sites for hydroxylation is 1. The Kier molecular flexibility index (Phi) is 3.81. The summed E-state index contributed by atoms with van der Waals surface area (Å²) in [6.07, 6.45) is 1.38. The molecule has 0 spiro atoms. The number of fused-ring (bicyclic) bond motifs is 1. The van der Waals surface area contributed by atoms with Gasteiger partial charge in [-0.1, -0.05) is 18.6 Å². The van der Waals surface area contributed by atoms with Crippen LogP contribution in [0, 0.1) is 12.8 Å². The van der Waals surface area contributed by atoms with Crippen LogP contribution in [0.1, 0.15) is 37.6 Å². The molecule has 3 unspecified atom stereocenters. The molecule has 1 aromatic heterocycles. The van der Waals surface area contributed by atoms with Gasteiger partial charge in [0.2, 0.25) is 0 Å². The molecule has 1 fully saturated rings. The van der Waals surface area contributed by atoms with Gasteiger partial charge in [-0.25, -0.2) is 0 Å². The van der Waals surface area contributed by atoms with E-state index in [9.17, 15) is 0 Å². The molecule has 0 aliphatic carbocycles. The summed E-state index contributed by atoms with van der Waals surface area (Å²) in [5.74, 6) is 1.52. The first-order chi connectivity index (χ1) is 9.69. The first-order valence-electron chi connectivity index (χ1n) is 7.54. The van der Waals surface area contributed by atoms with Gasteiger partial charge < -0.3 is 14.5 Å². The van der Waals surface area contributed by atoms with Crippen molar-refractivity contribution in [1.29, 1.82) is 0 Å². The summed E-state index contributed by atoms with van der Waals surface area (Å²) >= 11 is 0. The van der Waals surface area contributed by atoms with Crippen LogP contribution in [0.2, 0.25) is 0 Å². The number of benzene rings is 1. The zero-order chi connectivity index (χ0) is 14.1. The molecular formula is C17H23NO2. The Morgan fingerprint density at radius 3 is 2.90 bits per heavy atom. The number of nitrogens with one attached hydrogen (secondary N) is 1. The van der Waals surface area contributed by atoms with Gasteiger partial charge in [-0.2, -0.15) is 0 Å². The maximum absolute atomic E-state index is 6.08. The van der Waals surface area contributed by atoms with Gasteiger partial charge in [0.25, 0.3) is 0 Å². The molecule has 0 radical (unpaired) electrons. The second-order valence-corrected chi connectivity index (χ2v) is 5.75. The number of hydrogen-bond donors (Lipinski definition) is 1. The van der Waals surface area contributed by atoms with Gasteiger partial charge in [0.1, 0.15) is 11.3 Å². The third-order valence-electron chi connectivity index (χ3n) is 4.28. The Morgan fingerprint density at radius 2 is 2.20 bits per heavy atom. The van der Waals surface area contributed by atoms with E-state index in [1.54, 1.807) is 0 Å². The number of rotatable bonds is 4. The lowest BCUT2D eigenvalue weighted by Crippen LogP contribution is -2.31. The maximum Gasteiger partial charge on any atom is 0.134 e. The second kappa shape index (κ2) is 5.58. The summed E-state index contributed by atoms with van der Waals surface area (Å²) in [6, 6.07) is 8.76. The van der Waals surface area contributed by atoms with Crippen molar-refractivity contribution in [1.82, 2.24) is 5.32 Å². The molecule has 20 heavy (non-hydrogen) atoms. The molecule has 1 aliphatic rings. The average molecular weight is 273 g/mol. The van der Waals surface area contributed by atoms with Crippen molar-refractivity contribution in [3.63, 3.8) is 0 Å². The van der Waals surface area contributed by atoms with Crippen molar-refractivity contribution in [3.05, 3.63) is 35.6 Å². The van der Waals surface area contributed by atoms with Crippen LogP contribution in [0.4, 0.5) is 0 Å². The zero-order valence-electron chi connectivity index (χ0n) is 12.5. The van der Waals surface area contributed by atoms with Crippen LogP contribution >= 0.6 is 0 Å². The topological polar surface area (TPSA) is 34.4 Å². The molecule has 3 atom stereocenters. The molecule has 1 aliphatic heterocycles. The van der Waals surface area contributed by atoms with Crippen LogP contribution in [0.5, 0.6) is 0 Å². The summed E-state index contributed by atoms with van der Waals surface area (Å²) in [7, 11) is 0. The predicted molar refractivity (Wildman–Crippen MR) is 80.9 cm³/mol. The van der Waals surface area contributed by atoms with Crippen molar-refractivity contribution < 1.29 is 9.15 Å². The molecule has 3 rings (SSSR count). The van der Waals surface area contributed by atoms with Crippen LogP contribution < -0.4 is 5.32 Å². The molecule has 3 heteroatoms. The van der Waals surface area contributed by atoms with Gasteiger partial charge >= 0.3 is 0 Å². The predicted octanol–water partition coefficient (Wildman–Crippen LogP) is 3.82. The first-order valence-corrected chi connectivity index (χ1v) is 7.54. The Balaban J connectivity index is 1.96. The summed E-state index contributed by atoms with van der Waals surface area (Å²) in [5, 5.41) is 4.76. The number of ether oxygens (including phenoxy) is 1. The standard InChI is InChI=1S/C17H23NO2/c1-4-18-17(14-7-8-19-12(14)3)16-10-13-9-11(2)5-6-15(13)20-16/h5-6,9-10,12,14,17-18H,4,7-8H2,1-3H3. The largest absolute Gasteiger partial charge is 0.459 e. The molecule has 1 N–H and O–H groups in total. The van der Waals surface area contributed by atoms with Gasteiger partial charge in [0.05, 0.1) is 12.1 Å². The third kappa shape index (κ3) is 2.48. The molecule has 0 bridgehead atoms. The maximum atomic E-state index is 6.08. The minimum Gasteiger partial charge on any atom is -0.459 e. The molecule has 0 saturated carbocycles. The molecule has 2 aromatic rings. The van der Waals surface area contributed by atoms with Crippen LogP contribution in [0.25, 0.3) is 11.0 Å². The normalized spacial score (nSPS) is 24.4. The highest BCUT2D eigenvalue weighted by molar-refractivity contribution is 5.78. The van der Waals surface area contributed by atoms with Crippen LogP contribution in [0.15, 0.2) is 28.7 Å². The minimum atomic E-state index is 0.241. The second-order valence-electron chi connectivity index (χ2n) is 5.75. The van der Waals surface area contributed by atoms with Gasteiger partial charge in [-0.3, -0.25) is 0 Å². The lowest BCUT2D eigenvalue weighted by Gasteiger charge is -2.24. The molecule has 1 aromatic carbocycles.